The molecule has 7 nitrogen and oxygen atoms in total. The first-order chi connectivity index (χ1) is 10.6. The molecular formula is C15H12N4O3. The Labute approximate surface area is 125 Å². The van der Waals surface area contributed by atoms with Crippen LogP contribution < -0.4 is 16.0 Å². The number of rotatable bonds is 3. The standard InChI is InChI=1S/C15H12N4O3/c20-13(10-5-7-16-8-6-10)17-11-3-1-9(2-4-11)12-14(21)19-15(22)18-12/h1-8,12H,(H,17,20)(H2,18,19,21,22). The van der Waals surface area contributed by atoms with Crippen LogP contribution in [0.2, 0.25) is 0 Å². The molecule has 1 aromatic carbocycles. The summed E-state index contributed by atoms with van der Waals surface area (Å²) in [5.74, 6) is -0.638. The third-order valence-electron chi connectivity index (χ3n) is 3.22. The topological polar surface area (TPSA) is 100 Å². The van der Waals surface area contributed by atoms with Gasteiger partial charge in [0.05, 0.1) is 0 Å². The molecule has 2 heterocycles. The van der Waals surface area contributed by atoms with Gasteiger partial charge in [-0.2, -0.15) is 0 Å². The van der Waals surface area contributed by atoms with Crippen LogP contribution in [0.3, 0.4) is 0 Å². The zero-order valence-corrected chi connectivity index (χ0v) is 11.4. The summed E-state index contributed by atoms with van der Waals surface area (Å²) < 4.78 is 0. The maximum atomic E-state index is 12.0. The van der Waals surface area contributed by atoms with E-state index in [0.717, 1.165) is 0 Å². The van der Waals surface area contributed by atoms with Crippen LogP contribution in [0.15, 0.2) is 48.8 Å². The number of anilines is 1. The monoisotopic (exact) mass is 296 g/mol. The van der Waals surface area contributed by atoms with Crippen LogP contribution in [-0.2, 0) is 4.79 Å². The predicted molar refractivity (Wildman–Crippen MR) is 78.0 cm³/mol. The van der Waals surface area contributed by atoms with Crippen LogP contribution in [0.1, 0.15) is 22.0 Å². The van der Waals surface area contributed by atoms with Crippen molar-refractivity contribution < 1.29 is 14.4 Å². The molecule has 0 radical (unpaired) electrons. The number of nitrogens with one attached hydrogen (secondary N) is 3. The van der Waals surface area contributed by atoms with Gasteiger partial charge in [0.1, 0.15) is 6.04 Å². The number of hydrogen-bond acceptors (Lipinski definition) is 4. The van der Waals surface area contributed by atoms with Gasteiger partial charge >= 0.3 is 6.03 Å². The van der Waals surface area contributed by atoms with Crippen molar-refractivity contribution in [2.45, 2.75) is 6.04 Å². The van der Waals surface area contributed by atoms with Gasteiger partial charge in [-0.15, -0.1) is 0 Å². The molecule has 110 valence electrons. The Hall–Kier alpha value is -3.22. The Morgan fingerprint density at radius 3 is 2.32 bits per heavy atom. The van der Waals surface area contributed by atoms with Crippen molar-refractivity contribution in [3.8, 4) is 0 Å². The Morgan fingerprint density at radius 2 is 1.73 bits per heavy atom. The van der Waals surface area contributed by atoms with E-state index in [9.17, 15) is 14.4 Å². The fraction of sp³-hybridized carbons (Fsp3) is 0.0667. The summed E-state index contributed by atoms with van der Waals surface area (Å²) in [6, 6.07) is 8.72. The minimum atomic E-state index is -0.697. The summed E-state index contributed by atoms with van der Waals surface area (Å²) in [6.45, 7) is 0. The van der Waals surface area contributed by atoms with E-state index in [2.05, 4.69) is 20.9 Å². The van der Waals surface area contributed by atoms with Crippen LogP contribution in [0.4, 0.5) is 10.5 Å². The molecule has 1 atom stereocenters. The van der Waals surface area contributed by atoms with Crippen molar-refractivity contribution in [2.75, 3.05) is 5.32 Å². The average molecular weight is 296 g/mol. The van der Waals surface area contributed by atoms with Gasteiger partial charge < -0.3 is 10.6 Å². The van der Waals surface area contributed by atoms with Gasteiger partial charge in [0.15, 0.2) is 0 Å². The highest BCUT2D eigenvalue weighted by Crippen LogP contribution is 2.19. The van der Waals surface area contributed by atoms with Gasteiger partial charge in [-0.1, -0.05) is 12.1 Å². The van der Waals surface area contributed by atoms with Crippen LogP contribution in [0.25, 0.3) is 0 Å². The van der Waals surface area contributed by atoms with Gasteiger partial charge in [0.2, 0.25) is 0 Å². The van der Waals surface area contributed by atoms with E-state index >= 15 is 0 Å². The second-order valence-corrected chi connectivity index (χ2v) is 4.71. The van der Waals surface area contributed by atoms with Gasteiger partial charge in [0.25, 0.3) is 11.8 Å². The number of nitrogens with zero attached hydrogens (tertiary/aromatic N) is 1. The minimum Gasteiger partial charge on any atom is -0.322 e. The van der Waals surface area contributed by atoms with Crippen molar-refractivity contribution in [1.29, 1.82) is 0 Å². The lowest BCUT2D eigenvalue weighted by atomic mass is 10.1. The van der Waals surface area contributed by atoms with Crippen LogP contribution >= 0.6 is 0 Å². The number of amides is 4. The second-order valence-electron chi connectivity index (χ2n) is 4.71. The molecule has 2 aromatic rings. The van der Waals surface area contributed by atoms with Crippen LogP contribution in [0, 0.1) is 0 Å². The zero-order chi connectivity index (χ0) is 15.5. The van der Waals surface area contributed by atoms with Gasteiger partial charge in [-0.05, 0) is 29.8 Å². The maximum absolute atomic E-state index is 12.0. The largest absolute Gasteiger partial charge is 0.322 e. The molecule has 4 amide bonds. The predicted octanol–water partition coefficient (Wildman–Crippen LogP) is 1.21. The number of pyridine rings is 1. The number of urea groups is 1. The first kappa shape index (κ1) is 13.7. The first-order valence-electron chi connectivity index (χ1n) is 6.56. The van der Waals surface area contributed by atoms with E-state index in [0.29, 0.717) is 16.8 Å². The Bertz CT molecular complexity index is 728. The summed E-state index contributed by atoms with van der Waals surface area (Å²) in [7, 11) is 0. The first-order valence-corrected chi connectivity index (χ1v) is 6.56. The molecule has 1 aromatic heterocycles. The molecule has 0 spiro atoms. The average Bonchev–Trinajstić information content (AvgIpc) is 2.87. The molecule has 3 N–H and O–H groups in total. The number of aromatic nitrogens is 1. The Morgan fingerprint density at radius 1 is 1.05 bits per heavy atom. The number of imide groups is 1. The van der Waals surface area contributed by atoms with E-state index in [4.69, 9.17) is 0 Å². The molecule has 1 saturated heterocycles. The highest BCUT2D eigenvalue weighted by molar-refractivity contribution is 6.05. The Kier molecular flexibility index (Phi) is 3.53. The lowest BCUT2D eigenvalue weighted by molar-refractivity contribution is -0.120. The van der Waals surface area contributed by atoms with Gasteiger partial charge in [0, 0.05) is 23.6 Å². The summed E-state index contributed by atoms with van der Waals surface area (Å²) in [4.78, 5) is 38.5. The molecule has 0 saturated carbocycles. The molecule has 1 unspecified atom stereocenters. The molecule has 1 fully saturated rings. The number of hydrogen-bond donors (Lipinski definition) is 3. The third-order valence-corrected chi connectivity index (χ3v) is 3.22. The lowest BCUT2D eigenvalue weighted by Gasteiger charge is -2.09. The second kappa shape index (κ2) is 5.65. The summed E-state index contributed by atoms with van der Waals surface area (Å²) >= 11 is 0. The molecule has 3 rings (SSSR count). The highest BCUT2D eigenvalue weighted by atomic mass is 16.2. The van der Waals surface area contributed by atoms with Crippen molar-refractivity contribution >= 4 is 23.5 Å². The van der Waals surface area contributed by atoms with Crippen LogP contribution in [0.5, 0.6) is 0 Å². The lowest BCUT2D eigenvalue weighted by Crippen LogP contribution is -2.22. The van der Waals surface area contributed by atoms with E-state index in [1.165, 1.54) is 0 Å². The fourth-order valence-corrected chi connectivity index (χ4v) is 2.12. The molecule has 1 aliphatic heterocycles. The Balaban J connectivity index is 1.71. The van der Waals surface area contributed by atoms with E-state index in [1.807, 2.05) is 0 Å². The fourth-order valence-electron chi connectivity index (χ4n) is 2.12. The normalized spacial score (nSPS) is 16.8. The SMILES string of the molecule is O=C1NC(=O)C(c2ccc(NC(=O)c3ccncc3)cc2)N1. The number of carbonyl (C=O) groups is 3. The molecule has 7 heteroatoms. The minimum absolute atomic E-state index is 0.248. The highest BCUT2D eigenvalue weighted by Gasteiger charge is 2.30. The van der Waals surface area contributed by atoms with Crippen molar-refractivity contribution in [3.63, 3.8) is 0 Å². The molecule has 0 bridgehead atoms. The number of carbonyl (C=O) groups excluding carboxylic acids is 3. The summed E-state index contributed by atoms with van der Waals surface area (Å²) in [6.07, 6.45) is 3.08. The van der Waals surface area contributed by atoms with E-state index < -0.39 is 18.0 Å². The van der Waals surface area contributed by atoms with E-state index in [1.54, 1.807) is 48.8 Å². The molecular weight excluding hydrogens is 284 g/mol. The smallest absolute Gasteiger partial charge is 0.322 e. The zero-order valence-electron chi connectivity index (χ0n) is 11.4. The molecule has 22 heavy (non-hydrogen) atoms. The third kappa shape index (κ3) is 2.78. The van der Waals surface area contributed by atoms with Gasteiger partial charge in [-0.3, -0.25) is 19.9 Å². The van der Waals surface area contributed by atoms with E-state index in [-0.39, 0.29) is 5.91 Å². The summed E-state index contributed by atoms with van der Waals surface area (Å²) in [5, 5.41) is 7.42. The van der Waals surface area contributed by atoms with Crippen molar-refractivity contribution in [1.82, 2.24) is 15.6 Å². The summed E-state index contributed by atoms with van der Waals surface area (Å²) in [5.41, 5.74) is 1.74. The molecule has 0 aliphatic carbocycles. The van der Waals surface area contributed by atoms with Crippen LogP contribution in [-0.4, -0.2) is 22.8 Å². The maximum Gasteiger partial charge on any atom is 0.322 e. The van der Waals surface area contributed by atoms with Gasteiger partial charge in [-0.25, -0.2) is 4.79 Å². The van der Waals surface area contributed by atoms with Crippen molar-refractivity contribution in [2.24, 2.45) is 0 Å². The molecule has 1 aliphatic rings. The quantitative estimate of drug-likeness (QED) is 0.741. The van der Waals surface area contributed by atoms with Crippen molar-refractivity contribution in [3.05, 3.63) is 59.9 Å². The number of benzene rings is 1.